The molecule has 86 valence electrons. The van der Waals surface area contributed by atoms with E-state index in [1.165, 1.54) is 0 Å². The molecule has 1 amide bonds. The van der Waals surface area contributed by atoms with Crippen molar-refractivity contribution >= 4 is 23.0 Å². The highest BCUT2D eigenvalue weighted by atomic mass is 16.1. The summed E-state index contributed by atoms with van der Waals surface area (Å²) in [5, 5.41) is 2.85. The van der Waals surface area contributed by atoms with Crippen molar-refractivity contribution in [1.29, 1.82) is 0 Å². The van der Waals surface area contributed by atoms with Crippen molar-refractivity contribution in [2.24, 2.45) is 0 Å². The molecule has 4 heteroatoms. The van der Waals surface area contributed by atoms with Gasteiger partial charge < -0.3 is 16.0 Å². The van der Waals surface area contributed by atoms with Crippen LogP contribution in [0.3, 0.4) is 0 Å². The van der Waals surface area contributed by atoms with Gasteiger partial charge >= 0.3 is 0 Å². The smallest absolute Gasteiger partial charge is 0.228 e. The molecule has 0 fully saturated rings. The van der Waals surface area contributed by atoms with Gasteiger partial charge in [-0.1, -0.05) is 0 Å². The lowest BCUT2D eigenvalue weighted by Crippen LogP contribution is -2.23. The Hall–Kier alpha value is -1.71. The zero-order valence-corrected chi connectivity index (χ0v) is 9.71. The minimum atomic E-state index is 0.0473. The summed E-state index contributed by atoms with van der Waals surface area (Å²) < 4.78 is 0. The van der Waals surface area contributed by atoms with Crippen LogP contribution in [-0.4, -0.2) is 19.0 Å². The quantitative estimate of drug-likeness (QED) is 0.759. The van der Waals surface area contributed by atoms with Crippen LogP contribution in [-0.2, 0) is 11.2 Å². The predicted octanol–water partition coefficient (Wildman–Crippen LogP) is 1.61. The molecule has 1 aromatic rings. The lowest BCUT2D eigenvalue weighted by Gasteiger charge is -2.23. The Morgan fingerprint density at radius 3 is 2.69 bits per heavy atom. The molecule has 1 aromatic carbocycles. The second-order valence-corrected chi connectivity index (χ2v) is 3.97. The van der Waals surface area contributed by atoms with Crippen LogP contribution in [0.2, 0.25) is 0 Å². The number of rotatable bonds is 3. The van der Waals surface area contributed by atoms with Crippen LogP contribution in [0.4, 0.5) is 17.1 Å². The third-order valence-corrected chi connectivity index (χ3v) is 2.98. The molecule has 0 unspecified atom stereocenters. The molecular formula is C12H17N3O. The molecule has 1 aliphatic rings. The van der Waals surface area contributed by atoms with Crippen molar-refractivity contribution in [1.82, 2.24) is 0 Å². The molecule has 0 aromatic heterocycles. The number of amides is 1. The van der Waals surface area contributed by atoms with E-state index < -0.39 is 0 Å². The molecule has 0 radical (unpaired) electrons. The van der Waals surface area contributed by atoms with Gasteiger partial charge in [0.1, 0.15) is 0 Å². The summed E-state index contributed by atoms with van der Waals surface area (Å²) in [6.07, 6.45) is 0.443. The number of nitrogens with two attached hydrogens (primary N) is 1. The molecule has 0 bridgehead atoms. The first-order chi connectivity index (χ1) is 7.65. The van der Waals surface area contributed by atoms with Gasteiger partial charge in [0.15, 0.2) is 0 Å². The maximum absolute atomic E-state index is 11.3. The minimum Gasteiger partial charge on any atom is -0.397 e. The molecule has 4 nitrogen and oxygen atoms in total. The van der Waals surface area contributed by atoms with Crippen LogP contribution in [0.25, 0.3) is 0 Å². The number of benzene rings is 1. The van der Waals surface area contributed by atoms with E-state index in [0.29, 0.717) is 6.42 Å². The Morgan fingerprint density at radius 1 is 1.38 bits per heavy atom. The van der Waals surface area contributed by atoms with Crippen LogP contribution in [0.5, 0.6) is 0 Å². The van der Waals surface area contributed by atoms with Crippen molar-refractivity contribution in [3.8, 4) is 0 Å². The number of anilines is 3. The number of hydrogen-bond donors (Lipinski definition) is 2. The van der Waals surface area contributed by atoms with Crippen molar-refractivity contribution in [2.45, 2.75) is 20.3 Å². The Kier molecular flexibility index (Phi) is 2.73. The highest BCUT2D eigenvalue weighted by Crippen LogP contribution is 2.33. The molecule has 0 saturated carbocycles. The van der Waals surface area contributed by atoms with E-state index in [4.69, 9.17) is 5.73 Å². The first kappa shape index (κ1) is 10.8. The summed E-state index contributed by atoms with van der Waals surface area (Å²) in [6, 6.07) is 3.88. The van der Waals surface area contributed by atoms with E-state index in [1.807, 2.05) is 12.1 Å². The van der Waals surface area contributed by atoms with Gasteiger partial charge in [-0.15, -0.1) is 0 Å². The summed E-state index contributed by atoms with van der Waals surface area (Å²) in [4.78, 5) is 13.4. The molecule has 0 aliphatic carbocycles. The van der Waals surface area contributed by atoms with Crippen molar-refractivity contribution in [2.75, 3.05) is 29.0 Å². The first-order valence-electron chi connectivity index (χ1n) is 5.62. The molecule has 0 atom stereocenters. The van der Waals surface area contributed by atoms with E-state index in [0.717, 1.165) is 35.7 Å². The summed E-state index contributed by atoms with van der Waals surface area (Å²) in [7, 11) is 0. The maximum atomic E-state index is 11.3. The monoisotopic (exact) mass is 219 g/mol. The molecule has 1 aliphatic heterocycles. The highest BCUT2D eigenvalue weighted by molar-refractivity contribution is 6.00. The average molecular weight is 219 g/mol. The predicted molar refractivity (Wildman–Crippen MR) is 66.7 cm³/mol. The van der Waals surface area contributed by atoms with Crippen LogP contribution in [0, 0.1) is 0 Å². The lowest BCUT2D eigenvalue weighted by atomic mass is 10.1. The number of fused-ring (bicyclic) bond motifs is 1. The number of nitrogens with one attached hydrogen (secondary N) is 1. The summed E-state index contributed by atoms with van der Waals surface area (Å²) in [5.41, 5.74) is 9.67. The SMILES string of the molecule is CCN(CC)c1cc2c(cc1N)CC(=O)N2. The van der Waals surface area contributed by atoms with Crippen LogP contribution < -0.4 is 16.0 Å². The van der Waals surface area contributed by atoms with Crippen LogP contribution in [0.15, 0.2) is 12.1 Å². The zero-order valence-electron chi connectivity index (χ0n) is 9.71. The van der Waals surface area contributed by atoms with E-state index >= 15 is 0 Å². The second-order valence-electron chi connectivity index (χ2n) is 3.97. The van der Waals surface area contributed by atoms with E-state index in [1.54, 1.807) is 0 Å². The third-order valence-electron chi connectivity index (χ3n) is 2.98. The standard InChI is InChI=1S/C12H17N3O/c1-3-15(4-2)11-7-10-8(5-9(11)13)6-12(16)14-10/h5,7H,3-4,6,13H2,1-2H3,(H,14,16). The van der Waals surface area contributed by atoms with Gasteiger partial charge in [0.05, 0.1) is 17.8 Å². The average Bonchev–Trinajstić information content (AvgIpc) is 2.59. The first-order valence-corrected chi connectivity index (χ1v) is 5.62. The molecule has 0 saturated heterocycles. The summed E-state index contributed by atoms with van der Waals surface area (Å²) in [5.74, 6) is 0.0473. The summed E-state index contributed by atoms with van der Waals surface area (Å²) >= 11 is 0. The molecule has 16 heavy (non-hydrogen) atoms. The molecule has 3 N–H and O–H groups in total. The van der Waals surface area contributed by atoms with Gasteiger partial charge in [0.2, 0.25) is 5.91 Å². The van der Waals surface area contributed by atoms with Gasteiger partial charge in [-0.25, -0.2) is 0 Å². The normalized spacial score (nSPS) is 13.5. The number of nitrogen functional groups attached to an aromatic ring is 1. The van der Waals surface area contributed by atoms with E-state index in [9.17, 15) is 4.79 Å². The Morgan fingerprint density at radius 2 is 2.06 bits per heavy atom. The maximum Gasteiger partial charge on any atom is 0.228 e. The third kappa shape index (κ3) is 1.71. The zero-order chi connectivity index (χ0) is 11.7. The molecule has 1 heterocycles. The Balaban J connectivity index is 2.41. The lowest BCUT2D eigenvalue weighted by molar-refractivity contribution is -0.115. The topological polar surface area (TPSA) is 58.4 Å². The largest absolute Gasteiger partial charge is 0.397 e. The number of carbonyl (C=O) groups excluding carboxylic acids is 1. The number of nitrogens with zero attached hydrogens (tertiary/aromatic N) is 1. The Labute approximate surface area is 95.4 Å². The number of hydrogen-bond acceptors (Lipinski definition) is 3. The van der Waals surface area contributed by atoms with Crippen LogP contribution >= 0.6 is 0 Å². The minimum absolute atomic E-state index is 0.0473. The van der Waals surface area contributed by atoms with Crippen molar-refractivity contribution in [3.63, 3.8) is 0 Å². The van der Waals surface area contributed by atoms with Gasteiger partial charge in [0.25, 0.3) is 0 Å². The van der Waals surface area contributed by atoms with Gasteiger partial charge in [-0.05, 0) is 31.5 Å². The van der Waals surface area contributed by atoms with Crippen LogP contribution in [0.1, 0.15) is 19.4 Å². The van der Waals surface area contributed by atoms with Crippen molar-refractivity contribution < 1.29 is 4.79 Å². The molecular weight excluding hydrogens is 202 g/mol. The second kappa shape index (κ2) is 4.04. The fourth-order valence-electron chi connectivity index (χ4n) is 2.12. The molecule has 2 rings (SSSR count). The van der Waals surface area contributed by atoms with E-state index in [2.05, 4.69) is 24.1 Å². The van der Waals surface area contributed by atoms with Crippen molar-refractivity contribution in [3.05, 3.63) is 17.7 Å². The van der Waals surface area contributed by atoms with E-state index in [-0.39, 0.29) is 5.91 Å². The van der Waals surface area contributed by atoms with Gasteiger partial charge in [0, 0.05) is 18.8 Å². The van der Waals surface area contributed by atoms with Gasteiger partial charge in [-0.3, -0.25) is 4.79 Å². The number of carbonyl (C=O) groups is 1. The molecule has 0 spiro atoms. The highest BCUT2D eigenvalue weighted by Gasteiger charge is 2.20. The fraction of sp³-hybridized carbons (Fsp3) is 0.417. The van der Waals surface area contributed by atoms with Gasteiger partial charge in [-0.2, -0.15) is 0 Å². The summed E-state index contributed by atoms with van der Waals surface area (Å²) in [6.45, 7) is 6.00. The fourth-order valence-corrected chi connectivity index (χ4v) is 2.12. The Bertz CT molecular complexity index is 425.